The second-order valence-electron chi connectivity index (χ2n) is 2.56. The zero-order valence-electron chi connectivity index (χ0n) is 7.80. The van der Waals surface area contributed by atoms with Crippen LogP contribution in [0.25, 0.3) is 0 Å². The molecule has 0 saturated carbocycles. The Morgan fingerprint density at radius 1 is 1.43 bits per heavy atom. The van der Waals surface area contributed by atoms with Crippen molar-refractivity contribution in [3.8, 4) is 0 Å². The van der Waals surface area contributed by atoms with E-state index in [0.717, 1.165) is 5.01 Å². The second-order valence-corrected chi connectivity index (χ2v) is 2.56. The minimum Gasteiger partial charge on any atom is -0.336 e. The molecule has 0 unspecified atom stereocenters. The third-order valence-electron chi connectivity index (χ3n) is 1.60. The minimum atomic E-state index is -0.520. The van der Waals surface area contributed by atoms with Gasteiger partial charge in [-0.2, -0.15) is 0 Å². The normalized spacial score (nSPS) is 9.21. The Labute approximate surface area is 81.7 Å². The zero-order chi connectivity index (χ0) is 10.4. The molecule has 0 spiro atoms. The van der Waals surface area contributed by atoms with Gasteiger partial charge in [-0.25, -0.2) is 4.79 Å². The van der Waals surface area contributed by atoms with Crippen LogP contribution in [-0.2, 0) is 0 Å². The number of hydrogen-bond acceptors (Lipinski definition) is 3. The first kappa shape index (κ1) is 10.2. The predicted octanol–water partition coefficient (Wildman–Crippen LogP) is 1.90. The molecular weight excluding hydrogens is 182 g/mol. The van der Waals surface area contributed by atoms with Crippen molar-refractivity contribution in [1.29, 1.82) is 0 Å². The van der Waals surface area contributed by atoms with Crippen LogP contribution in [0.5, 0.6) is 0 Å². The van der Waals surface area contributed by atoms with Gasteiger partial charge in [-0.1, -0.05) is 18.2 Å². The molecular formula is C9H11N3O2. The molecule has 0 aliphatic carbocycles. The molecule has 1 rings (SSSR count). The van der Waals surface area contributed by atoms with Gasteiger partial charge in [-0.05, 0) is 19.1 Å². The van der Waals surface area contributed by atoms with Crippen molar-refractivity contribution in [1.82, 2.24) is 5.32 Å². The first-order chi connectivity index (χ1) is 6.79. The molecule has 1 aromatic rings. The molecule has 2 amide bonds. The number of rotatable bonds is 3. The average molecular weight is 193 g/mol. The molecule has 0 fully saturated rings. The van der Waals surface area contributed by atoms with Crippen LogP contribution < -0.4 is 10.3 Å². The van der Waals surface area contributed by atoms with E-state index in [1.165, 1.54) is 0 Å². The van der Waals surface area contributed by atoms with Crippen LogP contribution in [0.2, 0.25) is 0 Å². The average Bonchev–Trinajstić information content (AvgIpc) is 2.21. The van der Waals surface area contributed by atoms with E-state index in [-0.39, 0.29) is 0 Å². The third kappa shape index (κ3) is 2.29. The fraction of sp³-hybridized carbons (Fsp3) is 0.222. The van der Waals surface area contributed by atoms with E-state index in [0.29, 0.717) is 12.2 Å². The molecule has 14 heavy (non-hydrogen) atoms. The number of amides is 2. The monoisotopic (exact) mass is 193 g/mol. The van der Waals surface area contributed by atoms with Gasteiger partial charge in [-0.15, -0.1) is 9.92 Å². The summed E-state index contributed by atoms with van der Waals surface area (Å²) in [6.45, 7) is 2.23. The maximum Gasteiger partial charge on any atom is 0.345 e. The van der Waals surface area contributed by atoms with Crippen LogP contribution >= 0.6 is 0 Å². The largest absolute Gasteiger partial charge is 0.345 e. The molecule has 5 nitrogen and oxygen atoms in total. The van der Waals surface area contributed by atoms with Crippen LogP contribution in [0.1, 0.15) is 6.92 Å². The number of nitrogens with zero attached hydrogens (tertiary/aromatic N) is 2. The molecule has 0 atom stereocenters. The fourth-order valence-corrected chi connectivity index (χ4v) is 0.997. The van der Waals surface area contributed by atoms with E-state index in [9.17, 15) is 9.70 Å². The Morgan fingerprint density at radius 2 is 2.07 bits per heavy atom. The topological polar surface area (TPSA) is 61.8 Å². The van der Waals surface area contributed by atoms with Crippen LogP contribution in [0.4, 0.5) is 10.5 Å². The van der Waals surface area contributed by atoms with Gasteiger partial charge >= 0.3 is 6.03 Å². The predicted molar refractivity (Wildman–Crippen MR) is 53.8 cm³/mol. The van der Waals surface area contributed by atoms with Crippen molar-refractivity contribution in [2.24, 2.45) is 5.29 Å². The van der Waals surface area contributed by atoms with Gasteiger partial charge in [0.15, 0.2) is 0 Å². The van der Waals surface area contributed by atoms with Gasteiger partial charge in [0.25, 0.3) is 0 Å². The van der Waals surface area contributed by atoms with Crippen LogP contribution in [0.15, 0.2) is 35.6 Å². The number of carbonyl (C=O) groups excluding carboxylic acids is 1. The van der Waals surface area contributed by atoms with Gasteiger partial charge in [0.1, 0.15) is 0 Å². The Balaban J connectivity index is 2.82. The molecule has 0 heterocycles. The summed E-state index contributed by atoms with van der Waals surface area (Å²) in [6, 6.07) is 8.01. The SMILES string of the molecule is CCNC(=O)N(N=O)c1ccccc1. The number of carbonyl (C=O) groups is 1. The quantitative estimate of drug-likeness (QED) is 0.588. The summed E-state index contributed by atoms with van der Waals surface area (Å²) < 4.78 is 0. The highest BCUT2D eigenvalue weighted by Crippen LogP contribution is 2.13. The van der Waals surface area contributed by atoms with Crippen LogP contribution in [-0.4, -0.2) is 12.6 Å². The number of anilines is 1. The van der Waals surface area contributed by atoms with E-state index < -0.39 is 6.03 Å². The van der Waals surface area contributed by atoms with E-state index in [4.69, 9.17) is 0 Å². The zero-order valence-corrected chi connectivity index (χ0v) is 7.80. The third-order valence-corrected chi connectivity index (χ3v) is 1.60. The molecule has 0 aromatic heterocycles. The van der Waals surface area contributed by atoms with Crippen molar-refractivity contribution < 1.29 is 4.79 Å². The molecule has 0 aliphatic heterocycles. The maximum absolute atomic E-state index is 11.3. The number of para-hydroxylation sites is 1. The maximum atomic E-state index is 11.3. The van der Waals surface area contributed by atoms with Crippen molar-refractivity contribution in [3.63, 3.8) is 0 Å². The second kappa shape index (κ2) is 4.96. The van der Waals surface area contributed by atoms with Crippen molar-refractivity contribution >= 4 is 11.7 Å². The van der Waals surface area contributed by atoms with Crippen molar-refractivity contribution in [3.05, 3.63) is 35.2 Å². The molecule has 74 valence electrons. The number of nitroso groups, excluding NO2 is 1. The number of benzene rings is 1. The summed E-state index contributed by atoms with van der Waals surface area (Å²) in [7, 11) is 0. The van der Waals surface area contributed by atoms with Gasteiger partial charge in [0.05, 0.1) is 11.0 Å². The van der Waals surface area contributed by atoms with Crippen LogP contribution in [0.3, 0.4) is 0 Å². The Hall–Kier alpha value is -1.91. The van der Waals surface area contributed by atoms with E-state index in [2.05, 4.69) is 10.6 Å². The van der Waals surface area contributed by atoms with Crippen molar-refractivity contribution in [2.45, 2.75) is 6.92 Å². The lowest BCUT2D eigenvalue weighted by Gasteiger charge is -2.12. The molecule has 0 aliphatic rings. The van der Waals surface area contributed by atoms with Gasteiger partial charge < -0.3 is 5.32 Å². The summed E-state index contributed by atoms with van der Waals surface area (Å²) in [5, 5.41) is 5.92. The lowest BCUT2D eigenvalue weighted by molar-refractivity contribution is 0.247. The summed E-state index contributed by atoms with van der Waals surface area (Å²) in [6.07, 6.45) is 0. The molecule has 0 radical (unpaired) electrons. The summed E-state index contributed by atoms with van der Waals surface area (Å²) >= 11 is 0. The van der Waals surface area contributed by atoms with E-state index >= 15 is 0 Å². The molecule has 1 N–H and O–H groups in total. The molecule has 0 saturated heterocycles. The summed E-state index contributed by atoms with van der Waals surface area (Å²) in [4.78, 5) is 21.7. The lowest BCUT2D eigenvalue weighted by atomic mass is 10.3. The number of nitrogens with one attached hydrogen (secondary N) is 1. The Kier molecular flexibility index (Phi) is 3.60. The van der Waals surface area contributed by atoms with Gasteiger partial charge in [0.2, 0.25) is 0 Å². The van der Waals surface area contributed by atoms with Crippen LogP contribution in [0, 0.1) is 4.91 Å². The molecule has 1 aromatic carbocycles. The van der Waals surface area contributed by atoms with Gasteiger partial charge in [0, 0.05) is 6.54 Å². The van der Waals surface area contributed by atoms with Gasteiger partial charge in [-0.3, -0.25) is 0 Å². The smallest absolute Gasteiger partial charge is 0.336 e. The number of hydrogen-bond donors (Lipinski definition) is 1. The standard InChI is InChI=1S/C9H11N3O2/c1-2-10-9(13)12(11-14)8-6-4-3-5-7-8/h3-7H,2H2,1H3,(H,10,13). The Bertz CT molecular complexity index is 313. The first-order valence-corrected chi connectivity index (χ1v) is 4.26. The lowest BCUT2D eigenvalue weighted by Crippen LogP contribution is -2.36. The minimum absolute atomic E-state index is 0.452. The van der Waals surface area contributed by atoms with Crippen molar-refractivity contribution in [2.75, 3.05) is 11.6 Å². The first-order valence-electron chi connectivity index (χ1n) is 4.26. The van der Waals surface area contributed by atoms with E-state index in [1.807, 2.05) is 0 Å². The fourth-order valence-electron chi connectivity index (χ4n) is 0.997. The molecule has 5 heteroatoms. The number of urea groups is 1. The summed E-state index contributed by atoms with van der Waals surface area (Å²) in [5.74, 6) is 0. The highest BCUT2D eigenvalue weighted by Gasteiger charge is 2.14. The highest BCUT2D eigenvalue weighted by molar-refractivity contribution is 5.91. The highest BCUT2D eigenvalue weighted by atomic mass is 16.3. The molecule has 0 bridgehead atoms. The van der Waals surface area contributed by atoms with E-state index in [1.54, 1.807) is 37.3 Å². The Morgan fingerprint density at radius 3 is 2.57 bits per heavy atom. The summed E-state index contributed by atoms with van der Waals surface area (Å²) in [5.41, 5.74) is 0.452.